The Hall–Kier alpha value is -1.59. The summed E-state index contributed by atoms with van der Waals surface area (Å²) in [5.74, 6) is 0.530. The summed E-state index contributed by atoms with van der Waals surface area (Å²) in [7, 11) is 1.55. The van der Waals surface area contributed by atoms with Gasteiger partial charge in [-0.1, -0.05) is 18.5 Å². The van der Waals surface area contributed by atoms with E-state index in [4.69, 9.17) is 16.3 Å². The van der Waals surface area contributed by atoms with E-state index in [9.17, 15) is 5.11 Å². The highest BCUT2D eigenvalue weighted by molar-refractivity contribution is 6.31. The summed E-state index contributed by atoms with van der Waals surface area (Å²) in [5, 5.41) is 15.1. The van der Waals surface area contributed by atoms with Gasteiger partial charge in [-0.05, 0) is 18.6 Å². The monoisotopic (exact) mass is 281 g/mol. The molecule has 2 rings (SSSR count). The second-order valence-electron chi connectivity index (χ2n) is 4.09. The molecule has 0 saturated heterocycles. The van der Waals surface area contributed by atoms with Gasteiger partial charge in [0, 0.05) is 12.7 Å². The largest absolute Gasteiger partial charge is 0.493 e. The number of hydrogen-bond donors (Lipinski definition) is 1. The quantitative estimate of drug-likeness (QED) is 0.914. The Morgan fingerprint density at radius 2 is 2.32 bits per heavy atom. The van der Waals surface area contributed by atoms with Crippen molar-refractivity contribution < 1.29 is 9.84 Å². The van der Waals surface area contributed by atoms with Crippen LogP contribution in [0.3, 0.4) is 0 Å². The standard InChI is InChI=1S/C13H16ClN3O2/c1-3-7-17-12(10(19-2)8-16-17)13(18)11-9(14)5-4-6-15-11/h4-6,8,13,18H,3,7H2,1-2H3. The van der Waals surface area contributed by atoms with E-state index in [2.05, 4.69) is 10.1 Å². The van der Waals surface area contributed by atoms with E-state index in [1.165, 1.54) is 0 Å². The van der Waals surface area contributed by atoms with Crippen LogP contribution in [0.5, 0.6) is 5.75 Å². The van der Waals surface area contributed by atoms with Crippen molar-refractivity contribution in [3.05, 3.63) is 40.9 Å². The first kappa shape index (κ1) is 13.8. The molecule has 5 nitrogen and oxygen atoms in total. The van der Waals surface area contributed by atoms with Gasteiger partial charge in [0.2, 0.25) is 0 Å². The third-order valence-corrected chi connectivity index (χ3v) is 3.12. The van der Waals surface area contributed by atoms with Crippen molar-refractivity contribution in [2.24, 2.45) is 0 Å². The molecule has 2 heterocycles. The number of aromatic nitrogens is 3. The summed E-state index contributed by atoms with van der Waals surface area (Å²) < 4.78 is 6.96. The lowest BCUT2D eigenvalue weighted by molar-refractivity contribution is 0.197. The molecule has 0 bridgehead atoms. The minimum atomic E-state index is -0.960. The maximum atomic E-state index is 10.5. The molecule has 0 saturated carbocycles. The molecule has 1 atom stereocenters. The van der Waals surface area contributed by atoms with Gasteiger partial charge < -0.3 is 9.84 Å². The molecule has 0 aliphatic carbocycles. The molecule has 0 aromatic carbocycles. The van der Waals surface area contributed by atoms with Crippen molar-refractivity contribution >= 4 is 11.6 Å². The number of rotatable bonds is 5. The molecule has 0 spiro atoms. The summed E-state index contributed by atoms with van der Waals surface area (Å²) in [4.78, 5) is 4.13. The fraction of sp³-hybridized carbons (Fsp3) is 0.385. The Morgan fingerprint density at radius 3 is 2.95 bits per heavy atom. The highest BCUT2D eigenvalue weighted by Gasteiger charge is 2.24. The van der Waals surface area contributed by atoms with E-state index >= 15 is 0 Å². The minimum absolute atomic E-state index is 0.403. The molecule has 19 heavy (non-hydrogen) atoms. The lowest BCUT2D eigenvalue weighted by Crippen LogP contribution is -2.12. The van der Waals surface area contributed by atoms with Gasteiger partial charge >= 0.3 is 0 Å². The predicted octanol–water partition coefficient (Wildman–Crippen LogP) is 2.43. The van der Waals surface area contributed by atoms with Crippen LogP contribution in [0.4, 0.5) is 0 Å². The van der Waals surface area contributed by atoms with Gasteiger partial charge in [0.15, 0.2) is 5.75 Å². The molecular weight excluding hydrogens is 266 g/mol. The average Bonchev–Trinajstić information content (AvgIpc) is 2.82. The van der Waals surface area contributed by atoms with E-state index < -0.39 is 6.10 Å². The van der Waals surface area contributed by atoms with Gasteiger partial charge in [-0.15, -0.1) is 0 Å². The molecule has 1 N–H and O–H groups in total. The van der Waals surface area contributed by atoms with Crippen molar-refractivity contribution in [1.29, 1.82) is 0 Å². The Bertz CT molecular complexity index is 557. The van der Waals surface area contributed by atoms with Crippen molar-refractivity contribution in [3.63, 3.8) is 0 Å². The Balaban J connectivity index is 2.45. The number of halogens is 1. The summed E-state index contributed by atoms with van der Waals surface area (Å²) in [6, 6.07) is 3.42. The van der Waals surface area contributed by atoms with E-state index in [1.807, 2.05) is 6.92 Å². The molecule has 0 aliphatic heterocycles. The van der Waals surface area contributed by atoms with Crippen LogP contribution in [0.2, 0.25) is 5.02 Å². The molecule has 2 aromatic heterocycles. The van der Waals surface area contributed by atoms with Crippen LogP contribution in [0, 0.1) is 0 Å². The molecule has 102 valence electrons. The molecule has 2 aromatic rings. The van der Waals surface area contributed by atoms with Gasteiger partial charge in [-0.25, -0.2) is 0 Å². The summed E-state index contributed by atoms with van der Waals surface area (Å²) >= 11 is 6.07. The van der Waals surface area contributed by atoms with Crippen molar-refractivity contribution in [3.8, 4) is 5.75 Å². The number of aliphatic hydroxyl groups excluding tert-OH is 1. The van der Waals surface area contributed by atoms with E-state index in [0.717, 1.165) is 6.42 Å². The topological polar surface area (TPSA) is 60.2 Å². The van der Waals surface area contributed by atoms with E-state index in [1.54, 1.807) is 36.3 Å². The number of pyridine rings is 1. The molecule has 6 heteroatoms. The molecule has 0 radical (unpaired) electrons. The van der Waals surface area contributed by atoms with Crippen molar-refractivity contribution in [1.82, 2.24) is 14.8 Å². The first-order valence-corrected chi connectivity index (χ1v) is 6.45. The zero-order valence-electron chi connectivity index (χ0n) is 10.9. The SMILES string of the molecule is CCCn1ncc(OC)c1C(O)c1ncccc1Cl. The van der Waals surface area contributed by atoms with Gasteiger partial charge in [0.1, 0.15) is 11.8 Å². The van der Waals surface area contributed by atoms with Crippen LogP contribution >= 0.6 is 11.6 Å². The van der Waals surface area contributed by atoms with Gasteiger partial charge in [0.25, 0.3) is 0 Å². The van der Waals surface area contributed by atoms with Crippen LogP contribution in [0.25, 0.3) is 0 Å². The molecule has 0 aliphatic rings. The molecule has 0 amide bonds. The molecule has 1 unspecified atom stereocenters. The number of aryl methyl sites for hydroxylation is 1. The normalized spacial score (nSPS) is 12.4. The number of nitrogens with zero attached hydrogens (tertiary/aromatic N) is 3. The van der Waals surface area contributed by atoms with Crippen LogP contribution < -0.4 is 4.74 Å². The van der Waals surface area contributed by atoms with Gasteiger partial charge in [-0.3, -0.25) is 9.67 Å². The molecule has 0 fully saturated rings. The Morgan fingerprint density at radius 1 is 1.53 bits per heavy atom. The van der Waals surface area contributed by atoms with Gasteiger partial charge in [-0.2, -0.15) is 5.10 Å². The second kappa shape index (κ2) is 6.04. The van der Waals surface area contributed by atoms with Crippen LogP contribution in [0.1, 0.15) is 30.8 Å². The summed E-state index contributed by atoms with van der Waals surface area (Å²) in [6.45, 7) is 2.73. The lowest BCUT2D eigenvalue weighted by Gasteiger charge is -2.15. The first-order chi connectivity index (χ1) is 9.19. The Kier molecular flexibility index (Phi) is 4.39. The number of ether oxygens (including phenoxy) is 1. The summed E-state index contributed by atoms with van der Waals surface area (Å²) in [6.07, 6.45) is 3.13. The fourth-order valence-electron chi connectivity index (χ4n) is 1.93. The maximum Gasteiger partial charge on any atom is 0.163 e. The van der Waals surface area contributed by atoms with Crippen LogP contribution in [-0.4, -0.2) is 27.0 Å². The van der Waals surface area contributed by atoms with E-state index in [-0.39, 0.29) is 0 Å². The van der Waals surface area contributed by atoms with Gasteiger partial charge in [0.05, 0.1) is 24.0 Å². The maximum absolute atomic E-state index is 10.5. The molecular formula is C13H16ClN3O2. The third kappa shape index (κ3) is 2.72. The lowest BCUT2D eigenvalue weighted by atomic mass is 10.1. The van der Waals surface area contributed by atoms with Crippen molar-refractivity contribution in [2.45, 2.75) is 26.0 Å². The number of aliphatic hydroxyl groups is 1. The summed E-state index contributed by atoms with van der Waals surface area (Å²) in [5.41, 5.74) is 0.977. The van der Waals surface area contributed by atoms with Crippen LogP contribution in [0.15, 0.2) is 24.5 Å². The zero-order chi connectivity index (χ0) is 13.8. The Labute approximate surface area is 116 Å². The smallest absolute Gasteiger partial charge is 0.163 e. The first-order valence-electron chi connectivity index (χ1n) is 6.07. The van der Waals surface area contributed by atoms with Crippen LogP contribution in [-0.2, 0) is 6.54 Å². The highest BCUT2D eigenvalue weighted by Crippen LogP contribution is 2.32. The number of hydrogen-bond acceptors (Lipinski definition) is 4. The average molecular weight is 282 g/mol. The fourth-order valence-corrected chi connectivity index (χ4v) is 2.15. The van der Waals surface area contributed by atoms with Crippen molar-refractivity contribution in [2.75, 3.05) is 7.11 Å². The predicted molar refractivity (Wildman–Crippen MR) is 72.4 cm³/mol. The zero-order valence-corrected chi connectivity index (χ0v) is 11.6. The minimum Gasteiger partial charge on any atom is -0.493 e. The third-order valence-electron chi connectivity index (χ3n) is 2.81. The highest BCUT2D eigenvalue weighted by atomic mass is 35.5. The second-order valence-corrected chi connectivity index (χ2v) is 4.50. The van der Waals surface area contributed by atoms with E-state index in [0.29, 0.717) is 28.7 Å². The number of methoxy groups -OCH3 is 1.